The number of anilines is 1. The van der Waals surface area contributed by atoms with Crippen molar-refractivity contribution in [3.63, 3.8) is 0 Å². The molecule has 2 aromatic rings. The molecule has 2 heterocycles. The van der Waals surface area contributed by atoms with Gasteiger partial charge in [0.1, 0.15) is 6.33 Å². The van der Waals surface area contributed by atoms with Crippen LogP contribution in [0.3, 0.4) is 0 Å². The molecule has 2 aromatic heterocycles. The first-order valence-corrected chi connectivity index (χ1v) is 5.35. The number of rotatable bonds is 5. The fourth-order valence-electron chi connectivity index (χ4n) is 1.55. The number of hydrogen-bond donors (Lipinski definition) is 1. The van der Waals surface area contributed by atoms with Crippen LogP contribution in [0.25, 0.3) is 5.69 Å². The molecule has 0 saturated carbocycles. The Hall–Kier alpha value is -1.95. The summed E-state index contributed by atoms with van der Waals surface area (Å²) >= 11 is 0. The van der Waals surface area contributed by atoms with Gasteiger partial charge in [-0.15, -0.1) is 0 Å². The Bertz CT molecular complexity index is 456. The van der Waals surface area contributed by atoms with Gasteiger partial charge in [0.2, 0.25) is 5.95 Å². The fourth-order valence-corrected chi connectivity index (χ4v) is 1.55. The molecule has 0 radical (unpaired) electrons. The van der Waals surface area contributed by atoms with Crippen molar-refractivity contribution in [2.45, 2.75) is 13.0 Å². The fraction of sp³-hybridized carbons (Fsp3) is 0.364. The highest BCUT2D eigenvalue weighted by molar-refractivity contribution is 5.39. The average Bonchev–Trinajstić information content (AvgIpc) is 2.78. The van der Waals surface area contributed by atoms with E-state index in [0.717, 1.165) is 11.6 Å². The maximum absolute atomic E-state index is 5.07. The van der Waals surface area contributed by atoms with Crippen molar-refractivity contribution in [2.75, 3.05) is 19.0 Å². The van der Waals surface area contributed by atoms with Gasteiger partial charge in [-0.1, -0.05) is 0 Å². The minimum atomic E-state index is 0.186. The summed E-state index contributed by atoms with van der Waals surface area (Å²) in [5, 5.41) is 3.26. The molecule has 6 heteroatoms. The summed E-state index contributed by atoms with van der Waals surface area (Å²) in [7, 11) is 1.68. The molecule has 0 aliphatic carbocycles. The predicted octanol–water partition coefficient (Wildman–Crippen LogP) is 1.11. The van der Waals surface area contributed by atoms with E-state index in [4.69, 9.17) is 4.74 Å². The normalized spacial score (nSPS) is 12.4. The van der Waals surface area contributed by atoms with Gasteiger partial charge in [0, 0.05) is 25.5 Å². The average molecular weight is 233 g/mol. The van der Waals surface area contributed by atoms with Crippen LogP contribution in [0, 0.1) is 0 Å². The van der Waals surface area contributed by atoms with Crippen LogP contribution in [0.1, 0.15) is 6.92 Å². The lowest BCUT2D eigenvalue weighted by atomic mass is 10.4. The van der Waals surface area contributed by atoms with E-state index in [1.54, 1.807) is 25.7 Å². The Balaban J connectivity index is 2.18. The second-order valence-corrected chi connectivity index (χ2v) is 3.72. The summed E-state index contributed by atoms with van der Waals surface area (Å²) in [5.41, 5.74) is 0.872. The van der Waals surface area contributed by atoms with E-state index < -0.39 is 0 Å². The summed E-state index contributed by atoms with van der Waals surface area (Å²) in [5.74, 6) is 0.754. The second kappa shape index (κ2) is 5.40. The largest absolute Gasteiger partial charge is 0.383 e. The Morgan fingerprint density at radius 1 is 1.41 bits per heavy atom. The van der Waals surface area contributed by atoms with Crippen LogP contribution in [0.15, 0.2) is 31.1 Å². The van der Waals surface area contributed by atoms with Gasteiger partial charge in [-0.05, 0) is 6.92 Å². The molecule has 1 N–H and O–H groups in total. The van der Waals surface area contributed by atoms with Gasteiger partial charge in [-0.2, -0.15) is 0 Å². The molecule has 0 aliphatic rings. The van der Waals surface area contributed by atoms with E-state index in [-0.39, 0.29) is 6.04 Å². The van der Waals surface area contributed by atoms with E-state index in [1.807, 2.05) is 17.7 Å². The lowest BCUT2D eigenvalue weighted by Gasteiger charge is -2.14. The van der Waals surface area contributed by atoms with Crippen molar-refractivity contribution in [3.8, 4) is 5.69 Å². The summed E-state index contributed by atoms with van der Waals surface area (Å²) in [6.45, 7) is 2.65. The van der Waals surface area contributed by atoms with E-state index >= 15 is 0 Å². The molecule has 1 unspecified atom stereocenters. The molecular formula is C11H15N5O. The molecule has 0 aromatic carbocycles. The van der Waals surface area contributed by atoms with Gasteiger partial charge in [0.15, 0.2) is 0 Å². The first-order chi connectivity index (χ1) is 8.31. The van der Waals surface area contributed by atoms with Crippen molar-refractivity contribution in [3.05, 3.63) is 31.1 Å². The molecule has 6 nitrogen and oxygen atoms in total. The molecule has 0 aliphatic heterocycles. The first-order valence-electron chi connectivity index (χ1n) is 5.35. The van der Waals surface area contributed by atoms with Gasteiger partial charge in [-0.3, -0.25) is 4.57 Å². The second-order valence-electron chi connectivity index (χ2n) is 3.72. The lowest BCUT2D eigenvalue weighted by molar-refractivity contribution is 0.190. The van der Waals surface area contributed by atoms with Gasteiger partial charge >= 0.3 is 0 Å². The summed E-state index contributed by atoms with van der Waals surface area (Å²) in [6, 6.07) is 0.186. The quantitative estimate of drug-likeness (QED) is 0.838. The van der Waals surface area contributed by atoms with E-state index in [1.165, 1.54) is 6.33 Å². The third-order valence-corrected chi connectivity index (χ3v) is 2.26. The van der Waals surface area contributed by atoms with Crippen molar-refractivity contribution < 1.29 is 4.74 Å². The highest BCUT2D eigenvalue weighted by atomic mass is 16.5. The zero-order valence-electron chi connectivity index (χ0n) is 9.87. The molecule has 0 spiro atoms. The molecular weight excluding hydrogens is 218 g/mol. The lowest BCUT2D eigenvalue weighted by Crippen LogP contribution is -2.22. The van der Waals surface area contributed by atoms with Crippen molar-refractivity contribution in [1.29, 1.82) is 0 Å². The Kier molecular flexibility index (Phi) is 3.66. The van der Waals surface area contributed by atoms with Crippen LogP contribution < -0.4 is 5.32 Å². The Morgan fingerprint density at radius 3 is 2.88 bits per heavy atom. The highest BCUT2D eigenvalue weighted by Gasteiger charge is 2.08. The highest BCUT2D eigenvalue weighted by Crippen LogP contribution is 2.12. The third kappa shape index (κ3) is 2.79. The third-order valence-electron chi connectivity index (χ3n) is 2.26. The Labute approximate surface area is 99.7 Å². The van der Waals surface area contributed by atoms with Gasteiger partial charge in [0.05, 0.1) is 24.7 Å². The summed E-state index contributed by atoms with van der Waals surface area (Å²) in [4.78, 5) is 12.2. The van der Waals surface area contributed by atoms with Gasteiger partial charge < -0.3 is 10.1 Å². The minimum absolute atomic E-state index is 0.186. The number of nitrogens with zero attached hydrogens (tertiary/aromatic N) is 4. The molecule has 17 heavy (non-hydrogen) atoms. The van der Waals surface area contributed by atoms with Crippen LogP contribution in [0.4, 0.5) is 5.95 Å². The Morgan fingerprint density at radius 2 is 2.18 bits per heavy atom. The molecule has 0 bridgehead atoms. The SMILES string of the molecule is COCC(C)Nc1nccn1-c1cncnc1. The van der Waals surface area contributed by atoms with E-state index in [9.17, 15) is 0 Å². The predicted molar refractivity (Wildman–Crippen MR) is 64.1 cm³/mol. The topological polar surface area (TPSA) is 64.9 Å². The van der Waals surface area contributed by atoms with E-state index in [2.05, 4.69) is 20.3 Å². The molecule has 90 valence electrons. The van der Waals surface area contributed by atoms with Crippen LogP contribution in [-0.2, 0) is 4.74 Å². The summed E-state index contributed by atoms with van der Waals surface area (Å²) < 4.78 is 6.97. The zero-order chi connectivity index (χ0) is 12.1. The molecule has 0 saturated heterocycles. The minimum Gasteiger partial charge on any atom is -0.383 e. The maximum atomic E-state index is 5.07. The van der Waals surface area contributed by atoms with Crippen LogP contribution >= 0.6 is 0 Å². The van der Waals surface area contributed by atoms with Crippen LogP contribution in [0.5, 0.6) is 0 Å². The number of nitrogens with one attached hydrogen (secondary N) is 1. The zero-order valence-corrected chi connectivity index (χ0v) is 9.87. The van der Waals surface area contributed by atoms with Crippen molar-refractivity contribution >= 4 is 5.95 Å². The smallest absolute Gasteiger partial charge is 0.207 e. The maximum Gasteiger partial charge on any atom is 0.207 e. The standard InChI is InChI=1S/C11H15N5O/c1-9(7-17-2)15-11-14-3-4-16(11)10-5-12-8-13-6-10/h3-6,8-9H,7H2,1-2H3,(H,14,15). The molecule has 1 atom stereocenters. The number of hydrogen-bond acceptors (Lipinski definition) is 5. The summed E-state index contributed by atoms with van der Waals surface area (Å²) in [6.07, 6.45) is 8.57. The van der Waals surface area contributed by atoms with E-state index in [0.29, 0.717) is 6.61 Å². The van der Waals surface area contributed by atoms with Crippen molar-refractivity contribution in [2.24, 2.45) is 0 Å². The van der Waals surface area contributed by atoms with Crippen molar-refractivity contribution in [1.82, 2.24) is 19.5 Å². The number of aromatic nitrogens is 4. The number of imidazole rings is 1. The van der Waals surface area contributed by atoms with Crippen LogP contribution in [0.2, 0.25) is 0 Å². The molecule has 0 amide bonds. The van der Waals surface area contributed by atoms with Crippen LogP contribution in [-0.4, -0.2) is 39.3 Å². The molecule has 0 fully saturated rings. The number of methoxy groups -OCH3 is 1. The first kappa shape index (κ1) is 11.5. The number of ether oxygens (including phenoxy) is 1. The van der Waals surface area contributed by atoms with Gasteiger partial charge in [-0.25, -0.2) is 15.0 Å². The monoisotopic (exact) mass is 233 g/mol. The molecule has 2 rings (SSSR count). The van der Waals surface area contributed by atoms with Gasteiger partial charge in [0.25, 0.3) is 0 Å².